The summed E-state index contributed by atoms with van der Waals surface area (Å²) < 4.78 is 10.6. The van der Waals surface area contributed by atoms with E-state index >= 15 is 0 Å². The van der Waals surface area contributed by atoms with E-state index in [1.807, 2.05) is 18.2 Å². The molecule has 1 aliphatic heterocycles. The number of nitrogens with one attached hydrogen (secondary N) is 2. The van der Waals surface area contributed by atoms with Crippen molar-refractivity contribution in [1.29, 1.82) is 0 Å². The quantitative estimate of drug-likeness (QED) is 0.745. The smallest absolute Gasteiger partial charge is 0.240 e. The maximum absolute atomic E-state index is 13.0. The van der Waals surface area contributed by atoms with Crippen LogP contribution in [0.1, 0.15) is 37.8 Å². The monoisotopic (exact) mass is 380 g/mol. The van der Waals surface area contributed by atoms with Crippen molar-refractivity contribution in [2.45, 2.75) is 39.5 Å². The lowest BCUT2D eigenvalue weighted by molar-refractivity contribution is -0.131. The third kappa shape index (κ3) is 3.19. The molecule has 2 aromatic rings. The van der Waals surface area contributed by atoms with Crippen LogP contribution in [0.5, 0.6) is 11.5 Å². The highest BCUT2D eigenvalue weighted by Crippen LogP contribution is 2.48. The molecule has 0 bridgehead atoms. The Morgan fingerprint density at radius 1 is 0.929 bits per heavy atom. The zero-order valence-corrected chi connectivity index (χ0v) is 16.1. The van der Waals surface area contributed by atoms with Gasteiger partial charge in [0.25, 0.3) is 0 Å². The van der Waals surface area contributed by atoms with Crippen LogP contribution in [0.3, 0.4) is 0 Å². The van der Waals surface area contributed by atoms with E-state index < -0.39 is 5.41 Å². The zero-order valence-electron chi connectivity index (χ0n) is 16.1. The molecule has 0 unspecified atom stereocenters. The van der Waals surface area contributed by atoms with Gasteiger partial charge in [0.1, 0.15) is 5.41 Å². The lowest BCUT2D eigenvalue weighted by atomic mass is 10.0. The maximum atomic E-state index is 13.0. The Balaban J connectivity index is 1.51. The largest absolute Gasteiger partial charge is 0.454 e. The Kier molecular flexibility index (Phi) is 4.71. The maximum Gasteiger partial charge on any atom is 0.240 e. The molecule has 0 atom stereocenters. The van der Waals surface area contributed by atoms with Crippen molar-refractivity contribution in [3.05, 3.63) is 47.5 Å². The number of hydrogen-bond acceptors (Lipinski definition) is 4. The Hall–Kier alpha value is -3.02. The fourth-order valence-electron chi connectivity index (χ4n) is 3.54. The summed E-state index contributed by atoms with van der Waals surface area (Å²) in [6, 6.07) is 11.3. The molecule has 1 aliphatic carbocycles. The van der Waals surface area contributed by atoms with Crippen LogP contribution in [0.25, 0.3) is 0 Å². The number of hydrogen-bond donors (Lipinski definition) is 2. The first-order valence-corrected chi connectivity index (χ1v) is 9.70. The van der Waals surface area contributed by atoms with E-state index in [9.17, 15) is 9.59 Å². The van der Waals surface area contributed by atoms with Crippen molar-refractivity contribution in [3.63, 3.8) is 0 Å². The molecule has 0 radical (unpaired) electrons. The first kappa shape index (κ1) is 18.3. The summed E-state index contributed by atoms with van der Waals surface area (Å²) in [7, 11) is 0. The molecule has 0 aromatic heterocycles. The van der Waals surface area contributed by atoms with Gasteiger partial charge >= 0.3 is 0 Å². The molecule has 1 saturated carbocycles. The fourth-order valence-corrected chi connectivity index (χ4v) is 3.54. The van der Waals surface area contributed by atoms with E-state index in [1.54, 1.807) is 18.2 Å². The Morgan fingerprint density at radius 3 is 2.21 bits per heavy atom. The summed E-state index contributed by atoms with van der Waals surface area (Å²) in [6.45, 7) is 4.29. The lowest BCUT2D eigenvalue weighted by Crippen LogP contribution is -2.36. The number of amides is 2. The molecular formula is C22H24N2O4. The highest BCUT2D eigenvalue weighted by Gasteiger charge is 2.56. The topological polar surface area (TPSA) is 76.7 Å². The minimum absolute atomic E-state index is 0.176. The van der Waals surface area contributed by atoms with Crippen LogP contribution in [-0.4, -0.2) is 18.6 Å². The van der Waals surface area contributed by atoms with Gasteiger partial charge in [0, 0.05) is 17.4 Å². The highest BCUT2D eigenvalue weighted by molar-refractivity contribution is 6.17. The molecule has 1 heterocycles. The third-order valence-corrected chi connectivity index (χ3v) is 5.49. The minimum Gasteiger partial charge on any atom is -0.454 e. The molecule has 6 nitrogen and oxygen atoms in total. The standard InChI is InChI=1S/C22H24N2O4/c1-3-14-6-5-7-15(4-2)19(14)24-21(26)22(10-11-22)20(25)23-16-8-9-17-18(12-16)28-13-27-17/h5-9,12H,3-4,10-11,13H2,1-2H3,(H,23,25)(H,24,26). The molecule has 2 N–H and O–H groups in total. The second-order valence-electron chi connectivity index (χ2n) is 7.22. The van der Waals surface area contributed by atoms with Gasteiger partial charge < -0.3 is 20.1 Å². The second-order valence-corrected chi connectivity index (χ2v) is 7.22. The number of para-hydroxylation sites is 1. The number of benzene rings is 2. The van der Waals surface area contributed by atoms with Crippen molar-refractivity contribution in [2.75, 3.05) is 17.4 Å². The van der Waals surface area contributed by atoms with Crippen LogP contribution in [0, 0.1) is 5.41 Å². The van der Waals surface area contributed by atoms with Gasteiger partial charge in [-0.25, -0.2) is 0 Å². The molecule has 6 heteroatoms. The summed E-state index contributed by atoms with van der Waals surface area (Å²) in [5.74, 6) is 0.731. The molecule has 0 saturated heterocycles. The first-order chi connectivity index (χ1) is 13.6. The molecule has 2 aliphatic rings. The second kappa shape index (κ2) is 7.19. The number of aryl methyl sites for hydroxylation is 2. The van der Waals surface area contributed by atoms with Gasteiger partial charge in [0.15, 0.2) is 11.5 Å². The van der Waals surface area contributed by atoms with Gasteiger partial charge in [-0.3, -0.25) is 9.59 Å². The van der Waals surface area contributed by atoms with Gasteiger partial charge in [-0.1, -0.05) is 32.0 Å². The van der Waals surface area contributed by atoms with Gasteiger partial charge in [0.2, 0.25) is 18.6 Å². The van der Waals surface area contributed by atoms with Crippen molar-refractivity contribution in [3.8, 4) is 11.5 Å². The Morgan fingerprint density at radius 2 is 1.57 bits per heavy atom. The number of fused-ring (bicyclic) bond motifs is 1. The molecule has 2 amide bonds. The summed E-state index contributed by atoms with van der Waals surface area (Å²) in [4.78, 5) is 25.9. The zero-order chi connectivity index (χ0) is 19.7. The van der Waals surface area contributed by atoms with Gasteiger partial charge in [-0.05, 0) is 48.9 Å². The van der Waals surface area contributed by atoms with Crippen molar-refractivity contribution >= 4 is 23.2 Å². The van der Waals surface area contributed by atoms with E-state index in [0.29, 0.717) is 30.0 Å². The fraction of sp³-hybridized carbons (Fsp3) is 0.364. The Bertz CT molecular complexity index is 912. The molecule has 2 aromatic carbocycles. The van der Waals surface area contributed by atoms with Crippen LogP contribution in [0.2, 0.25) is 0 Å². The summed E-state index contributed by atoms with van der Waals surface area (Å²) in [6.07, 6.45) is 2.73. The van der Waals surface area contributed by atoms with Crippen LogP contribution in [0.15, 0.2) is 36.4 Å². The summed E-state index contributed by atoms with van der Waals surface area (Å²) >= 11 is 0. The van der Waals surface area contributed by atoms with Gasteiger partial charge in [0.05, 0.1) is 0 Å². The van der Waals surface area contributed by atoms with Gasteiger partial charge in [-0.15, -0.1) is 0 Å². The molecular weight excluding hydrogens is 356 g/mol. The van der Waals surface area contributed by atoms with Crippen LogP contribution in [0.4, 0.5) is 11.4 Å². The number of carbonyl (C=O) groups is 2. The summed E-state index contributed by atoms with van der Waals surface area (Å²) in [5.41, 5.74) is 2.60. The molecule has 146 valence electrons. The molecule has 1 fully saturated rings. The normalized spacial score (nSPS) is 15.8. The van der Waals surface area contributed by atoms with Crippen LogP contribution >= 0.6 is 0 Å². The molecule has 4 rings (SSSR count). The van der Waals surface area contributed by atoms with E-state index in [4.69, 9.17) is 9.47 Å². The predicted molar refractivity (Wildman–Crippen MR) is 107 cm³/mol. The van der Waals surface area contributed by atoms with Gasteiger partial charge in [-0.2, -0.15) is 0 Å². The van der Waals surface area contributed by atoms with Crippen molar-refractivity contribution in [1.82, 2.24) is 0 Å². The first-order valence-electron chi connectivity index (χ1n) is 9.70. The average molecular weight is 380 g/mol. The van der Waals surface area contributed by atoms with E-state index in [0.717, 1.165) is 29.7 Å². The van der Waals surface area contributed by atoms with Crippen molar-refractivity contribution < 1.29 is 19.1 Å². The highest BCUT2D eigenvalue weighted by atomic mass is 16.7. The lowest BCUT2D eigenvalue weighted by Gasteiger charge is -2.19. The number of ether oxygens (including phenoxy) is 2. The predicted octanol–water partition coefficient (Wildman–Crippen LogP) is 3.90. The van der Waals surface area contributed by atoms with E-state index in [1.165, 1.54) is 0 Å². The summed E-state index contributed by atoms with van der Waals surface area (Å²) in [5, 5.41) is 5.91. The van der Waals surface area contributed by atoms with Crippen LogP contribution in [-0.2, 0) is 22.4 Å². The third-order valence-electron chi connectivity index (χ3n) is 5.49. The number of anilines is 2. The van der Waals surface area contributed by atoms with Crippen LogP contribution < -0.4 is 20.1 Å². The number of rotatable bonds is 6. The van der Waals surface area contributed by atoms with E-state index in [2.05, 4.69) is 24.5 Å². The minimum atomic E-state index is -1.01. The number of carbonyl (C=O) groups excluding carboxylic acids is 2. The van der Waals surface area contributed by atoms with E-state index in [-0.39, 0.29) is 18.6 Å². The Labute approximate surface area is 164 Å². The van der Waals surface area contributed by atoms with Crippen molar-refractivity contribution in [2.24, 2.45) is 5.41 Å². The molecule has 28 heavy (non-hydrogen) atoms. The SMILES string of the molecule is CCc1cccc(CC)c1NC(=O)C1(C(=O)Nc2ccc3c(c2)OCO3)CC1. The average Bonchev–Trinajstić information content (AvgIpc) is 3.40. The molecule has 0 spiro atoms.